The van der Waals surface area contributed by atoms with Crippen molar-refractivity contribution in [3.8, 4) is 0 Å². The third kappa shape index (κ3) is 2.08. The lowest BCUT2D eigenvalue weighted by Gasteiger charge is -2.11. The number of hydrogen-bond acceptors (Lipinski definition) is 4. The van der Waals surface area contributed by atoms with Crippen molar-refractivity contribution >= 4 is 45.3 Å². The molecule has 1 aliphatic rings. The fourth-order valence-electron chi connectivity index (χ4n) is 2.49. The third-order valence-electron chi connectivity index (χ3n) is 3.47. The second kappa shape index (κ2) is 5.16. The Kier molecular flexibility index (Phi) is 3.43. The number of benzene rings is 2. The van der Waals surface area contributed by atoms with E-state index >= 15 is 0 Å². The van der Waals surface area contributed by atoms with E-state index in [1.165, 1.54) is 30.3 Å². The van der Waals surface area contributed by atoms with Gasteiger partial charge in [-0.2, -0.15) is 0 Å². The Bertz CT molecular complexity index is 815. The van der Waals surface area contributed by atoms with Crippen molar-refractivity contribution in [2.75, 3.05) is 0 Å². The average molecular weight is 333 g/mol. The van der Waals surface area contributed by atoms with Gasteiger partial charge in [-0.25, -0.2) is 0 Å². The minimum Gasteiger partial charge on any atom is -0.289 e. The summed E-state index contributed by atoms with van der Waals surface area (Å²) in [6.45, 7) is 0. The molecule has 2 aromatic carbocycles. The molecule has 2 aromatic rings. The molecule has 0 radical (unpaired) electrons. The lowest BCUT2D eigenvalue weighted by Crippen LogP contribution is -2.16. The summed E-state index contributed by atoms with van der Waals surface area (Å²) in [5.41, 5.74) is -0.139. The number of halogens is 2. The van der Waals surface area contributed by atoms with Gasteiger partial charge in [0.25, 0.3) is 10.5 Å². The Morgan fingerprint density at radius 3 is 1.50 bits per heavy atom. The molecular weight excluding hydrogens is 327 g/mol. The van der Waals surface area contributed by atoms with Crippen LogP contribution in [0.1, 0.15) is 52.6 Å². The average Bonchev–Trinajstić information content (AvgIpc) is 2.57. The van der Waals surface area contributed by atoms with E-state index in [9.17, 15) is 19.2 Å². The molecule has 0 fully saturated rings. The van der Waals surface area contributed by atoms with Crippen LogP contribution in [0.15, 0.2) is 36.4 Å². The molecule has 108 valence electrons. The maximum Gasteiger partial charge on any atom is 0.253 e. The Hall–Kier alpha value is -2.30. The van der Waals surface area contributed by atoms with Crippen molar-refractivity contribution in [1.82, 2.24) is 0 Å². The van der Waals surface area contributed by atoms with Crippen LogP contribution in [0, 0.1) is 0 Å². The molecule has 0 amide bonds. The summed E-state index contributed by atoms with van der Waals surface area (Å²) in [5, 5.41) is -1.78. The largest absolute Gasteiger partial charge is 0.289 e. The van der Waals surface area contributed by atoms with E-state index in [-0.39, 0.29) is 33.4 Å². The van der Waals surface area contributed by atoms with Crippen molar-refractivity contribution in [3.63, 3.8) is 0 Å². The Morgan fingerprint density at radius 1 is 0.727 bits per heavy atom. The highest BCUT2D eigenvalue weighted by molar-refractivity contribution is 6.69. The molecule has 22 heavy (non-hydrogen) atoms. The molecule has 6 heteroatoms. The van der Waals surface area contributed by atoms with Gasteiger partial charge in [-0.05, 0) is 41.4 Å². The molecule has 0 saturated carbocycles. The van der Waals surface area contributed by atoms with E-state index < -0.39 is 22.1 Å². The minimum absolute atomic E-state index is 0.126. The van der Waals surface area contributed by atoms with E-state index in [1.54, 1.807) is 6.07 Å². The summed E-state index contributed by atoms with van der Waals surface area (Å²) in [6, 6.07) is 8.45. The molecule has 1 aliphatic carbocycles. The fraction of sp³-hybridized carbons (Fsp3) is 0. The number of hydrogen-bond donors (Lipinski definition) is 0. The number of fused-ring (bicyclic) bond motifs is 3. The maximum atomic E-state index is 12.6. The molecule has 0 heterocycles. The van der Waals surface area contributed by atoms with E-state index in [2.05, 4.69) is 0 Å². The lowest BCUT2D eigenvalue weighted by molar-refractivity contribution is 0.0998. The Morgan fingerprint density at radius 2 is 1.14 bits per heavy atom. The van der Waals surface area contributed by atoms with Gasteiger partial charge in [-0.15, -0.1) is 0 Å². The summed E-state index contributed by atoms with van der Waals surface area (Å²) in [6.07, 6.45) is 0. The molecule has 2 bridgehead atoms. The summed E-state index contributed by atoms with van der Waals surface area (Å²) in [5.74, 6) is -1.10. The smallest absolute Gasteiger partial charge is 0.253 e. The fourth-order valence-corrected chi connectivity index (χ4v) is 2.81. The van der Waals surface area contributed by atoms with Crippen LogP contribution >= 0.6 is 23.2 Å². The van der Waals surface area contributed by atoms with Gasteiger partial charge >= 0.3 is 0 Å². The second-order valence-electron chi connectivity index (χ2n) is 4.70. The van der Waals surface area contributed by atoms with Gasteiger partial charge in [-0.1, -0.05) is 18.2 Å². The molecule has 0 saturated heterocycles. The zero-order chi connectivity index (χ0) is 16.0. The maximum absolute atomic E-state index is 12.6. The highest BCUT2D eigenvalue weighted by Gasteiger charge is 2.32. The topological polar surface area (TPSA) is 68.3 Å². The van der Waals surface area contributed by atoms with Crippen LogP contribution in [0.4, 0.5) is 0 Å². The van der Waals surface area contributed by atoms with Crippen LogP contribution < -0.4 is 0 Å². The van der Waals surface area contributed by atoms with Crippen molar-refractivity contribution in [1.29, 1.82) is 0 Å². The van der Waals surface area contributed by atoms with E-state index in [4.69, 9.17) is 23.2 Å². The van der Waals surface area contributed by atoms with Crippen LogP contribution in [0.2, 0.25) is 0 Å². The van der Waals surface area contributed by atoms with Crippen LogP contribution in [0.3, 0.4) is 0 Å². The monoisotopic (exact) mass is 332 g/mol. The Labute approximate surface area is 134 Å². The molecule has 3 rings (SSSR count). The molecular formula is C16H6Cl2O4. The van der Waals surface area contributed by atoms with Gasteiger partial charge in [-0.3, -0.25) is 19.2 Å². The molecule has 0 aliphatic heterocycles. The van der Waals surface area contributed by atoms with Crippen molar-refractivity contribution < 1.29 is 19.2 Å². The van der Waals surface area contributed by atoms with Gasteiger partial charge in [0.05, 0.1) is 0 Å². The second-order valence-corrected chi connectivity index (χ2v) is 5.38. The molecule has 0 spiro atoms. The van der Waals surface area contributed by atoms with Gasteiger partial charge in [0.1, 0.15) is 0 Å². The van der Waals surface area contributed by atoms with E-state index in [1.807, 2.05) is 0 Å². The number of ketones is 2. The van der Waals surface area contributed by atoms with Crippen LogP contribution in [0.25, 0.3) is 0 Å². The van der Waals surface area contributed by atoms with Crippen LogP contribution in [0.5, 0.6) is 0 Å². The van der Waals surface area contributed by atoms with Gasteiger partial charge in [0.15, 0.2) is 11.6 Å². The van der Waals surface area contributed by atoms with Gasteiger partial charge in [0.2, 0.25) is 0 Å². The number of rotatable bonds is 2. The molecule has 4 nitrogen and oxygen atoms in total. The first-order valence-corrected chi connectivity index (χ1v) is 6.93. The SMILES string of the molecule is O=C(Cl)c1ccc(C(=O)Cl)c2c1C(=O)c1cccc(c1)C2=O. The number of carbonyl (C=O) groups excluding carboxylic acids is 4. The van der Waals surface area contributed by atoms with Crippen LogP contribution in [-0.4, -0.2) is 22.1 Å². The first-order chi connectivity index (χ1) is 10.4. The normalized spacial score (nSPS) is 12.6. The zero-order valence-electron chi connectivity index (χ0n) is 10.9. The van der Waals surface area contributed by atoms with Crippen LogP contribution in [-0.2, 0) is 0 Å². The summed E-state index contributed by atoms with van der Waals surface area (Å²) in [4.78, 5) is 48.4. The van der Waals surface area contributed by atoms with Gasteiger partial charge < -0.3 is 0 Å². The Balaban J connectivity index is 2.49. The standard InChI is InChI=1S/C16H6Cl2O4/c17-15(21)9-4-5-10(16(18)22)12-11(9)13(19)7-2-1-3-8(6-7)14(12)20/h1-6H. The van der Waals surface area contributed by atoms with Crippen molar-refractivity contribution in [3.05, 3.63) is 69.8 Å². The summed E-state index contributed by atoms with van der Waals surface area (Å²) in [7, 11) is 0. The molecule has 0 unspecified atom stereocenters. The number of carbonyl (C=O) groups is 4. The van der Waals surface area contributed by atoms with E-state index in [0.29, 0.717) is 0 Å². The minimum atomic E-state index is -0.888. The molecule has 0 N–H and O–H groups in total. The van der Waals surface area contributed by atoms with Gasteiger partial charge in [0, 0.05) is 33.4 Å². The highest BCUT2D eigenvalue weighted by Crippen LogP contribution is 2.30. The summed E-state index contributed by atoms with van der Waals surface area (Å²) >= 11 is 11.0. The molecule has 0 aromatic heterocycles. The predicted molar refractivity (Wildman–Crippen MR) is 80.1 cm³/mol. The zero-order valence-corrected chi connectivity index (χ0v) is 12.4. The highest BCUT2D eigenvalue weighted by atomic mass is 35.5. The van der Waals surface area contributed by atoms with Crippen molar-refractivity contribution in [2.24, 2.45) is 0 Å². The lowest BCUT2D eigenvalue weighted by atomic mass is 9.90. The first kappa shape index (κ1) is 14.6. The van der Waals surface area contributed by atoms with Crippen molar-refractivity contribution in [2.45, 2.75) is 0 Å². The van der Waals surface area contributed by atoms with E-state index in [0.717, 1.165) is 0 Å². The quantitative estimate of drug-likeness (QED) is 0.675. The predicted octanol–water partition coefficient (Wildman–Crippen LogP) is 3.22. The molecule has 0 atom stereocenters. The summed E-state index contributed by atoms with van der Waals surface area (Å²) < 4.78 is 0. The first-order valence-electron chi connectivity index (χ1n) is 6.18. The third-order valence-corrected chi connectivity index (χ3v) is 3.88.